The van der Waals surface area contributed by atoms with E-state index in [2.05, 4.69) is 27.7 Å². The first-order valence-corrected chi connectivity index (χ1v) is 16.1. The van der Waals surface area contributed by atoms with Crippen molar-refractivity contribution in [2.75, 3.05) is 13.2 Å². The number of ether oxygens (including phenoxy) is 2. The molecule has 0 aromatic rings. The monoisotopic (exact) mass is 591 g/mol. The van der Waals surface area contributed by atoms with Crippen LogP contribution >= 0.6 is 0 Å². The molecule has 2 atom stereocenters. The van der Waals surface area contributed by atoms with Gasteiger partial charge in [0.1, 0.15) is 0 Å². The first-order valence-electron chi connectivity index (χ1n) is 14.1. The number of hydrogen-bond acceptors (Lipinski definition) is 5. The Morgan fingerprint density at radius 1 is 0.706 bits per heavy atom. The fraction of sp³-hybridized carbons (Fsp3) is 0.929. The van der Waals surface area contributed by atoms with Crippen LogP contribution in [-0.2, 0) is 19.1 Å². The van der Waals surface area contributed by atoms with Gasteiger partial charge in [0.25, 0.3) is 0 Å². The third-order valence-electron chi connectivity index (χ3n) is 5.97. The fourth-order valence-corrected chi connectivity index (χ4v) is 4.87. The number of rotatable bonds is 22. The van der Waals surface area contributed by atoms with Crippen molar-refractivity contribution in [1.82, 2.24) is 0 Å². The Kier molecular flexibility index (Phi) is 30.5. The van der Waals surface area contributed by atoms with E-state index in [1.54, 1.807) is 22.5 Å². The number of carbonyl (C=O) groups is 2. The van der Waals surface area contributed by atoms with Gasteiger partial charge in [-0.25, -0.2) is 4.79 Å². The van der Waals surface area contributed by atoms with Crippen molar-refractivity contribution in [2.24, 2.45) is 5.92 Å². The van der Waals surface area contributed by atoms with Gasteiger partial charge < -0.3 is 14.6 Å². The third kappa shape index (κ3) is 26.3. The van der Waals surface area contributed by atoms with E-state index >= 15 is 0 Å². The molecule has 2 unspecified atom stereocenters. The Hall–Kier alpha value is -0.301. The molecule has 0 saturated carbocycles. The molecule has 1 N–H and O–H groups in total. The molecule has 0 fully saturated rings. The molecule has 0 aromatic heterocycles. The largest absolute Gasteiger partial charge is 0.466 e. The molecule has 0 aliphatic heterocycles. The number of unbranched alkanes of at least 4 members (excludes halogenated alkanes) is 11. The Morgan fingerprint density at radius 3 is 1.65 bits per heavy atom. The van der Waals surface area contributed by atoms with Gasteiger partial charge in [0.05, 0.1) is 19.6 Å². The van der Waals surface area contributed by atoms with Crippen molar-refractivity contribution in [3.8, 4) is 0 Å². The first kappa shape index (κ1) is 35.9. The maximum absolute atomic E-state index is 11.6. The minimum absolute atomic E-state index is 0.300. The van der Waals surface area contributed by atoms with Crippen LogP contribution in [0.3, 0.4) is 0 Å². The van der Waals surface area contributed by atoms with E-state index in [-0.39, 0.29) is 6.42 Å². The zero-order valence-electron chi connectivity index (χ0n) is 22.9. The van der Waals surface area contributed by atoms with Gasteiger partial charge in [-0.15, -0.1) is 0 Å². The third-order valence-corrected chi connectivity index (χ3v) is 7.62. The quantitative estimate of drug-likeness (QED) is 0.0812. The smallest absolute Gasteiger partial charge is 0.335 e. The van der Waals surface area contributed by atoms with Crippen molar-refractivity contribution in [3.63, 3.8) is 0 Å². The minimum atomic E-state index is -1.42. The molecular weight excluding hydrogens is 535 g/mol. The van der Waals surface area contributed by atoms with E-state index in [1.807, 2.05) is 0 Å². The molecule has 0 heterocycles. The molecule has 3 radical (unpaired) electrons. The molecule has 0 rings (SSSR count). The molecule has 0 saturated heterocycles. The first-order chi connectivity index (χ1) is 16.5. The zero-order chi connectivity index (χ0) is 25.9. The molecule has 0 aromatic carbocycles. The SMILES string of the molecule is CCCCC(CC)[CH2][Sn].CCCCCCCCOC(=O)CC(O)C(=O)OCCCCCCCC. The summed E-state index contributed by atoms with van der Waals surface area (Å²) >= 11 is 1.71. The number of aliphatic hydroxyl groups excluding tert-OH is 1. The molecule has 0 aliphatic carbocycles. The second-order valence-corrected chi connectivity index (χ2v) is 10.4. The zero-order valence-corrected chi connectivity index (χ0v) is 25.7. The van der Waals surface area contributed by atoms with Gasteiger partial charge in [0.2, 0.25) is 0 Å². The van der Waals surface area contributed by atoms with E-state index in [9.17, 15) is 14.7 Å². The van der Waals surface area contributed by atoms with Crippen LogP contribution < -0.4 is 0 Å². The van der Waals surface area contributed by atoms with Gasteiger partial charge in [-0.2, -0.15) is 0 Å². The second-order valence-electron chi connectivity index (χ2n) is 9.26. The van der Waals surface area contributed by atoms with Crippen LogP contribution in [0, 0.1) is 5.92 Å². The van der Waals surface area contributed by atoms with Gasteiger partial charge in [-0.1, -0.05) is 78.1 Å². The van der Waals surface area contributed by atoms with Crippen molar-refractivity contribution in [3.05, 3.63) is 0 Å². The Bertz CT molecular complexity index is 441. The summed E-state index contributed by atoms with van der Waals surface area (Å²) in [7, 11) is 0. The number of hydrogen-bond donors (Lipinski definition) is 1. The number of aliphatic hydroxyl groups is 1. The van der Waals surface area contributed by atoms with Crippen LogP contribution in [0.15, 0.2) is 0 Å². The van der Waals surface area contributed by atoms with Gasteiger partial charge in [-0.3, -0.25) is 4.79 Å². The van der Waals surface area contributed by atoms with E-state index in [0.29, 0.717) is 13.2 Å². The molecule has 0 aliphatic rings. The van der Waals surface area contributed by atoms with E-state index in [4.69, 9.17) is 9.47 Å². The average Bonchev–Trinajstić information content (AvgIpc) is 2.83. The molecule has 34 heavy (non-hydrogen) atoms. The second kappa shape index (κ2) is 28.9. The van der Waals surface area contributed by atoms with Gasteiger partial charge >= 0.3 is 84.3 Å². The summed E-state index contributed by atoms with van der Waals surface area (Å²) in [6.07, 6.45) is 17.2. The molecule has 0 spiro atoms. The molecular formula is C28H55O5Sn. The van der Waals surface area contributed by atoms with Gasteiger partial charge in [0.15, 0.2) is 6.10 Å². The topological polar surface area (TPSA) is 72.8 Å². The van der Waals surface area contributed by atoms with Crippen LogP contribution in [0.4, 0.5) is 0 Å². The molecule has 0 amide bonds. The van der Waals surface area contributed by atoms with Crippen molar-refractivity contribution in [1.29, 1.82) is 0 Å². The Labute approximate surface area is 224 Å². The predicted molar refractivity (Wildman–Crippen MR) is 143 cm³/mol. The Morgan fingerprint density at radius 2 is 1.18 bits per heavy atom. The maximum Gasteiger partial charge on any atom is 0.335 e. The molecule has 201 valence electrons. The summed E-state index contributed by atoms with van der Waals surface area (Å²) in [5.41, 5.74) is 0. The minimum Gasteiger partial charge on any atom is -0.466 e. The maximum atomic E-state index is 11.6. The summed E-state index contributed by atoms with van der Waals surface area (Å²) in [6.45, 7) is 9.58. The number of esters is 2. The van der Waals surface area contributed by atoms with Crippen molar-refractivity contribution >= 4 is 34.5 Å². The van der Waals surface area contributed by atoms with Crippen molar-refractivity contribution < 1.29 is 24.2 Å². The van der Waals surface area contributed by atoms with Gasteiger partial charge in [-0.05, 0) is 12.8 Å². The standard InChI is InChI=1S/C20H38O5.C8H17.Sn/c1-3-5-7-9-11-13-15-24-19(22)17-18(21)20(23)25-16-14-12-10-8-6-4-2;1-4-6-7-8(3)5-2;/h18,21H,3-17H2,1-2H3;8H,3-7H2,1-2H3;. The average molecular weight is 590 g/mol. The number of carbonyl (C=O) groups excluding carboxylic acids is 2. The molecule has 6 heteroatoms. The van der Waals surface area contributed by atoms with Crippen LogP contribution in [-0.4, -0.2) is 58.9 Å². The van der Waals surface area contributed by atoms with Crippen molar-refractivity contribution in [2.45, 2.75) is 147 Å². The van der Waals surface area contributed by atoms with Crippen LogP contribution in [0.25, 0.3) is 0 Å². The fourth-order valence-electron chi connectivity index (χ4n) is 3.46. The van der Waals surface area contributed by atoms with E-state index < -0.39 is 18.0 Å². The summed E-state index contributed by atoms with van der Waals surface area (Å²) in [4.78, 5) is 23.2. The summed E-state index contributed by atoms with van der Waals surface area (Å²) in [5.74, 6) is -0.231. The van der Waals surface area contributed by atoms with E-state index in [1.165, 1.54) is 68.6 Å². The van der Waals surface area contributed by atoms with Gasteiger partial charge in [0, 0.05) is 0 Å². The molecule has 5 nitrogen and oxygen atoms in total. The Balaban J connectivity index is 0. The van der Waals surface area contributed by atoms with E-state index in [0.717, 1.165) is 44.4 Å². The molecule has 0 bridgehead atoms. The predicted octanol–water partition coefficient (Wildman–Crippen LogP) is 7.33. The van der Waals surface area contributed by atoms with Crippen LogP contribution in [0.1, 0.15) is 137 Å². The summed E-state index contributed by atoms with van der Waals surface area (Å²) < 4.78 is 11.5. The van der Waals surface area contributed by atoms with Crippen LogP contribution in [0.2, 0.25) is 4.44 Å². The normalized spacial score (nSPS) is 12.4. The summed E-state index contributed by atoms with van der Waals surface area (Å²) in [6, 6.07) is 0. The summed E-state index contributed by atoms with van der Waals surface area (Å²) in [5, 5.41) is 9.69. The van der Waals surface area contributed by atoms with Crippen LogP contribution in [0.5, 0.6) is 0 Å².